The average Bonchev–Trinajstić information content (AvgIpc) is 2.88. The SMILES string of the molecule is CCc1c(Oc2c(Cl)cc(C(F)(F)F)cc2Cl)nn(C(N)=O)c1C(C)(C)C. The number of hydrogen-bond donors (Lipinski definition) is 1. The summed E-state index contributed by atoms with van der Waals surface area (Å²) in [6, 6.07) is 0.614. The second-order valence-electron chi connectivity index (χ2n) is 6.85. The highest BCUT2D eigenvalue weighted by molar-refractivity contribution is 6.37. The van der Waals surface area contributed by atoms with Crippen molar-refractivity contribution in [1.82, 2.24) is 9.78 Å². The maximum atomic E-state index is 12.9. The number of hydrogen-bond acceptors (Lipinski definition) is 3. The summed E-state index contributed by atoms with van der Waals surface area (Å²) in [5.41, 5.74) is 5.01. The van der Waals surface area contributed by atoms with E-state index < -0.39 is 23.2 Å². The van der Waals surface area contributed by atoms with Crippen molar-refractivity contribution in [3.63, 3.8) is 0 Å². The Kier molecular flexibility index (Phi) is 5.73. The molecule has 0 spiro atoms. The largest absolute Gasteiger partial charge is 0.434 e. The summed E-state index contributed by atoms with van der Waals surface area (Å²) in [5, 5.41) is 3.41. The number of nitrogens with zero attached hydrogens (tertiary/aromatic N) is 2. The number of rotatable bonds is 3. The number of primary amides is 1. The van der Waals surface area contributed by atoms with Crippen molar-refractivity contribution < 1.29 is 22.7 Å². The smallest absolute Gasteiger partial charge is 0.416 e. The minimum Gasteiger partial charge on any atom is -0.434 e. The maximum Gasteiger partial charge on any atom is 0.416 e. The Hall–Kier alpha value is -1.93. The van der Waals surface area contributed by atoms with Gasteiger partial charge in [0.1, 0.15) is 0 Å². The highest BCUT2D eigenvalue weighted by atomic mass is 35.5. The average molecular weight is 424 g/mol. The lowest BCUT2D eigenvalue weighted by Gasteiger charge is -2.20. The molecule has 0 unspecified atom stereocenters. The van der Waals surface area contributed by atoms with Crippen molar-refractivity contribution in [3.05, 3.63) is 39.0 Å². The molecular formula is C17H18Cl2F3N3O2. The molecule has 1 heterocycles. The summed E-state index contributed by atoms with van der Waals surface area (Å²) in [4.78, 5) is 11.8. The molecule has 0 atom stereocenters. The molecule has 2 rings (SSSR count). The molecular weight excluding hydrogens is 406 g/mol. The minimum absolute atomic E-state index is 0.00443. The van der Waals surface area contributed by atoms with Gasteiger partial charge < -0.3 is 10.5 Å². The third-order valence-electron chi connectivity index (χ3n) is 3.74. The normalized spacial score (nSPS) is 12.3. The molecule has 2 aromatic rings. The van der Waals surface area contributed by atoms with Crippen LogP contribution in [0.2, 0.25) is 10.0 Å². The lowest BCUT2D eigenvalue weighted by atomic mass is 9.88. The second-order valence-corrected chi connectivity index (χ2v) is 7.67. The Morgan fingerprint density at radius 2 is 1.74 bits per heavy atom. The molecule has 0 saturated carbocycles. The van der Waals surface area contributed by atoms with Crippen LogP contribution in [0.1, 0.15) is 44.5 Å². The summed E-state index contributed by atoms with van der Waals surface area (Å²) in [6.07, 6.45) is -4.17. The van der Waals surface area contributed by atoms with Crippen molar-refractivity contribution in [2.45, 2.75) is 45.7 Å². The molecule has 10 heteroatoms. The van der Waals surface area contributed by atoms with Crippen LogP contribution in [0.25, 0.3) is 0 Å². The van der Waals surface area contributed by atoms with Gasteiger partial charge >= 0.3 is 12.2 Å². The number of amides is 1. The minimum atomic E-state index is -4.60. The maximum absolute atomic E-state index is 12.9. The summed E-state index contributed by atoms with van der Waals surface area (Å²) < 4.78 is 45.3. The zero-order chi connectivity index (χ0) is 20.7. The highest BCUT2D eigenvalue weighted by Gasteiger charge is 2.33. The fourth-order valence-electron chi connectivity index (χ4n) is 2.68. The van der Waals surface area contributed by atoms with E-state index in [1.165, 1.54) is 0 Å². The predicted molar refractivity (Wildman–Crippen MR) is 96.8 cm³/mol. The molecule has 0 saturated heterocycles. The molecule has 1 amide bonds. The summed E-state index contributed by atoms with van der Waals surface area (Å²) in [7, 11) is 0. The van der Waals surface area contributed by atoms with Crippen LogP contribution in [0, 0.1) is 0 Å². The molecule has 0 aliphatic carbocycles. The third-order valence-corrected chi connectivity index (χ3v) is 4.31. The van der Waals surface area contributed by atoms with E-state index in [1.807, 2.05) is 27.7 Å². The van der Waals surface area contributed by atoms with Gasteiger partial charge in [-0.25, -0.2) is 4.79 Å². The number of nitrogens with two attached hydrogens (primary N) is 1. The van der Waals surface area contributed by atoms with Gasteiger partial charge in [0.05, 0.1) is 21.3 Å². The van der Waals surface area contributed by atoms with Crippen LogP contribution in [-0.2, 0) is 18.0 Å². The van der Waals surface area contributed by atoms with Gasteiger partial charge in [-0.05, 0) is 18.6 Å². The molecule has 2 N–H and O–H groups in total. The molecule has 148 valence electrons. The first kappa shape index (κ1) is 21.4. The Labute approximate surface area is 164 Å². The number of halogens is 5. The van der Waals surface area contributed by atoms with Crippen LogP contribution in [-0.4, -0.2) is 15.8 Å². The number of alkyl halides is 3. The highest BCUT2D eigenvalue weighted by Crippen LogP contribution is 2.43. The van der Waals surface area contributed by atoms with Gasteiger partial charge in [-0.1, -0.05) is 50.9 Å². The quantitative estimate of drug-likeness (QED) is 0.678. The summed E-state index contributed by atoms with van der Waals surface area (Å²) >= 11 is 11.9. The number of aromatic nitrogens is 2. The first-order valence-electron chi connectivity index (χ1n) is 7.93. The molecule has 0 radical (unpaired) electrons. The zero-order valence-electron chi connectivity index (χ0n) is 15.0. The van der Waals surface area contributed by atoms with Crippen LogP contribution in [0.4, 0.5) is 18.0 Å². The fraction of sp³-hybridized carbons (Fsp3) is 0.412. The van der Waals surface area contributed by atoms with Crippen molar-refractivity contribution in [3.8, 4) is 11.6 Å². The Morgan fingerprint density at radius 1 is 1.22 bits per heavy atom. The van der Waals surface area contributed by atoms with Gasteiger partial charge in [-0.3, -0.25) is 0 Å². The van der Waals surface area contributed by atoms with Crippen molar-refractivity contribution in [2.24, 2.45) is 5.73 Å². The number of carbonyl (C=O) groups is 1. The number of benzene rings is 1. The van der Waals surface area contributed by atoms with E-state index in [4.69, 9.17) is 33.7 Å². The van der Waals surface area contributed by atoms with Gasteiger partial charge in [0, 0.05) is 11.0 Å². The van der Waals surface area contributed by atoms with E-state index in [-0.39, 0.29) is 21.7 Å². The summed E-state index contributed by atoms with van der Waals surface area (Å²) in [6.45, 7) is 7.42. The van der Waals surface area contributed by atoms with Crippen LogP contribution in [0.3, 0.4) is 0 Å². The lowest BCUT2D eigenvalue weighted by molar-refractivity contribution is -0.137. The molecule has 1 aromatic carbocycles. The Bertz CT molecular complexity index is 864. The van der Waals surface area contributed by atoms with Gasteiger partial charge in [0.15, 0.2) is 5.75 Å². The van der Waals surface area contributed by atoms with E-state index in [0.29, 0.717) is 29.8 Å². The lowest BCUT2D eigenvalue weighted by Crippen LogP contribution is -2.28. The van der Waals surface area contributed by atoms with Crippen LogP contribution >= 0.6 is 23.2 Å². The molecule has 5 nitrogen and oxygen atoms in total. The molecule has 0 fully saturated rings. The Balaban J connectivity index is 2.61. The van der Waals surface area contributed by atoms with Gasteiger partial charge in [0.2, 0.25) is 5.88 Å². The first-order valence-corrected chi connectivity index (χ1v) is 8.69. The molecule has 1 aromatic heterocycles. The molecule has 27 heavy (non-hydrogen) atoms. The van der Waals surface area contributed by atoms with Crippen LogP contribution < -0.4 is 10.5 Å². The zero-order valence-corrected chi connectivity index (χ0v) is 16.6. The molecule has 0 aliphatic rings. The van der Waals surface area contributed by atoms with Gasteiger partial charge in [0.25, 0.3) is 0 Å². The molecule has 0 aliphatic heterocycles. The van der Waals surface area contributed by atoms with E-state index in [1.54, 1.807) is 0 Å². The first-order chi connectivity index (χ1) is 12.3. The van der Waals surface area contributed by atoms with E-state index in [0.717, 1.165) is 4.68 Å². The molecule has 0 bridgehead atoms. The van der Waals surface area contributed by atoms with E-state index in [9.17, 15) is 18.0 Å². The van der Waals surface area contributed by atoms with Crippen molar-refractivity contribution in [2.75, 3.05) is 0 Å². The van der Waals surface area contributed by atoms with Crippen molar-refractivity contribution >= 4 is 29.2 Å². The second kappa shape index (κ2) is 7.24. The fourth-order valence-corrected chi connectivity index (χ4v) is 3.24. The van der Waals surface area contributed by atoms with Crippen molar-refractivity contribution in [1.29, 1.82) is 0 Å². The third kappa shape index (κ3) is 4.32. The predicted octanol–water partition coefficient (Wildman–Crippen LogP) is 5.79. The van der Waals surface area contributed by atoms with Gasteiger partial charge in [-0.2, -0.15) is 17.9 Å². The Morgan fingerprint density at radius 3 is 2.11 bits per heavy atom. The van der Waals surface area contributed by atoms with Gasteiger partial charge in [-0.15, -0.1) is 5.10 Å². The summed E-state index contributed by atoms with van der Waals surface area (Å²) in [5.74, 6) is -0.180. The monoisotopic (exact) mass is 423 g/mol. The topological polar surface area (TPSA) is 70.1 Å². The standard InChI is InChI=1S/C17H18Cl2F3N3O2/c1-5-9-13(16(2,3)4)25(15(23)26)24-14(9)27-12-10(18)6-8(7-11(12)19)17(20,21)22/h6-7H,5H2,1-4H3,(H2,23,26). The number of ether oxygens (including phenoxy) is 1. The number of carbonyl (C=O) groups excluding carboxylic acids is 1. The van der Waals surface area contributed by atoms with E-state index >= 15 is 0 Å². The van der Waals surface area contributed by atoms with Crippen LogP contribution in [0.15, 0.2) is 12.1 Å². The van der Waals surface area contributed by atoms with E-state index in [2.05, 4.69) is 5.10 Å². The van der Waals surface area contributed by atoms with Crippen LogP contribution in [0.5, 0.6) is 11.6 Å².